The summed E-state index contributed by atoms with van der Waals surface area (Å²) in [5.74, 6) is 0.762. The van der Waals surface area contributed by atoms with E-state index in [0.29, 0.717) is 5.02 Å². The van der Waals surface area contributed by atoms with Crippen molar-refractivity contribution in [2.24, 2.45) is 0 Å². The summed E-state index contributed by atoms with van der Waals surface area (Å²) in [4.78, 5) is 8.77. The average Bonchev–Trinajstić information content (AvgIpc) is 2.80. The fourth-order valence-electron chi connectivity index (χ4n) is 1.68. The maximum atomic E-state index is 6.06. The molecular weight excluding hydrogens is 266 g/mol. The predicted octanol–water partition coefficient (Wildman–Crippen LogP) is 3.68. The summed E-state index contributed by atoms with van der Waals surface area (Å²) >= 11 is 7.66. The Hall–Kier alpha value is -1.52. The van der Waals surface area contributed by atoms with Crippen molar-refractivity contribution < 1.29 is 0 Å². The molecule has 0 radical (unpaired) electrons. The number of pyridine rings is 2. The lowest BCUT2D eigenvalue weighted by Gasteiger charge is -1.99. The molecule has 0 aromatic carbocycles. The molecule has 0 saturated heterocycles. The van der Waals surface area contributed by atoms with E-state index >= 15 is 0 Å². The molecule has 0 aliphatic rings. The van der Waals surface area contributed by atoms with Crippen molar-refractivity contribution in [2.45, 2.75) is 10.8 Å². The predicted molar refractivity (Wildman–Crippen MR) is 74.0 cm³/mol. The first kappa shape index (κ1) is 11.6. The Morgan fingerprint density at radius 2 is 2.17 bits per heavy atom. The quantitative estimate of drug-likeness (QED) is 0.683. The van der Waals surface area contributed by atoms with Crippen LogP contribution in [-0.2, 0) is 5.75 Å². The zero-order valence-electron chi connectivity index (χ0n) is 9.45. The summed E-state index contributed by atoms with van der Waals surface area (Å²) in [6.45, 7) is 0. The van der Waals surface area contributed by atoms with Gasteiger partial charge in [-0.2, -0.15) is 0 Å². The minimum atomic E-state index is 0.686. The van der Waals surface area contributed by atoms with Crippen LogP contribution in [0.25, 0.3) is 5.65 Å². The average molecular weight is 276 g/mol. The molecule has 3 nitrogen and oxygen atoms in total. The minimum Gasteiger partial charge on any atom is -0.307 e. The highest BCUT2D eigenvalue weighted by Gasteiger charge is 2.05. The maximum absolute atomic E-state index is 6.06. The first-order valence-corrected chi connectivity index (χ1v) is 6.85. The van der Waals surface area contributed by atoms with Crippen molar-refractivity contribution in [2.75, 3.05) is 0 Å². The van der Waals surface area contributed by atoms with Gasteiger partial charge in [-0.1, -0.05) is 29.4 Å². The zero-order chi connectivity index (χ0) is 12.4. The van der Waals surface area contributed by atoms with Crippen LogP contribution in [0.15, 0.2) is 53.9 Å². The lowest BCUT2D eigenvalue weighted by atomic mass is 10.5. The summed E-state index contributed by atoms with van der Waals surface area (Å²) in [6, 6.07) is 9.63. The molecule has 0 saturated carbocycles. The van der Waals surface area contributed by atoms with Gasteiger partial charge in [0.2, 0.25) is 0 Å². The van der Waals surface area contributed by atoms with Crippen LogP contribution in [0.1, 0.15) is 5.69 Å². The summed E-state index contributed by atoms with van der Waals surface area (Å²) in [6.07, 6.45) is 5.77. The summed E-state index contributed by atoms with van der Waals surface area (Å²) < 4.78 is 2.01. The molecule has 3 heterocycles. The molecule has 3 rings (SSSR count). The van der Waals surface area contributed by atoms with Crippen molar-refractivity contribution in [3.05, 3.63) is 59.6 Å². The van der Waals surface area contributed by atoms with Crippen LogP contribution >= 0.6 is 23.4 Å². The molecule has 0 aliphatic heterocycles. The van der Waals surface area contributed by atoms with E-state index in [2.05, 4.69) is 9.97 Å². The minimum absolute atomic E-state index is 0.686. The lowest BCUT2D eigenvalue weighted by Crippen LogP contribution is -1.83. The monoisotopic (exact) mass is 275 g/mol. The number of hydrogen-bond acceptors (Lipinski definition) is 3. The van der Waals surface area contributed by atoms with E-state index in [-0.39, 0.29) is 0 Å². The molecule has 3 aromatic rings. The second-order valence-corrected chi connectivity index (χ2v) is 5.15. The van der Waals surface area contributed by atoms with Gasteiger partial charge in [0.1, 0.15) is 10.7 Å². The van der Waals surface area contributed by atoms with Crippen molar-refractivity contribution in [3.63, 3.8) is 0 Å². The number of nitrogens with zero attached hydrogens (tertiary/aromatic N) is 3. The number of fused-ring (bicyclic) bond motifs is 1. The first-order valence-electron chi connectivity index (χ1n) is 5.49. The largest absolute Gasteiger partial charge is 0.307 e. The Kier molecular flexibility index (Phi) is 3.21. The van der Waals surface area contributed by atoms with E-state index in [4.69, 9.17) is 11.6 Å². The Bertz CT molecular complexity index is 648. The van der Waals surface area contributed by atoms with Crippen LogP contribution < -0.4 is 0 Å². The van der Waals surface area contributed by atoms with Gasteiger partial charge in [0.05, 0.1) is 10.7 Å². The summed E-state index contributed by atoms with van der Waals surface area (Å²) in [5, 5.41) is 1.53. The number of hydrogen-bond donors (Lipinski definition) is 0. The zero-order valence-corrected chi connectivity index (χ0v) is 11.0. The Balaban J connectivity index is 1.79. The van der Waals surface area contributed by atoms with Gasteiger partial charge in [-0.05, 0) is 24.3 Å². The molecule has 3 aromatic heterocycles. The van der Waals surface area contributed by atoms with Gasteiger partial charge in [-0.15, -0.1) is 0 Å². The number of aromatic nitrogens is 3. The van der Waals surface area contributed by atoms with Crippen molar-refractivity contribution in [3.8, 4) is 0 Å². The molecule has 90 valence electrons. The van der Waals surface area contributed by atoms with Crippen LogP contribution in [0.5, 0.6) is 0 Å². The maximum Gasteiger partial charge on any atom is 0.137 e. The molecule has 18 heavy (non-hydrogen) atoms. The van der Waals surface area contributed by atoms with Crippen molar-refractivity contribution >= 4 is 29.0 Å². The highest BCUT2D eigenvalue weighted by atomic mass is 35.5. The molecule has 0 amide bonds. The standard InChI is InChI=1S/C13H10ClN3S/c14-11-4-3-6-15-13(11)18-9-10-8-17-7-2-1-5-12(17)16-10/h1-8H,9H2. The van der Waals surface area contributed by atoms with E-state index < -0.39 is 0 Å². The van der Waals surface area contributed by atoms with Crippen molar-refractivity contribution in [1.82, 2.24) is 14.4 Å². The summed E-state index contributed by atoms with van der Waals surface area (Å²) in [7, 11) is 0. The smallest absolute Gasteiger partial charge is 0.137 e. The van der Waals surface area contributed by atoms with E-state index in [1.54, 1.807) is 18.0 Å². The highest BCUT2D eigenvalue weighted by molar-refractivity contribution is 7.98. The van der Waals surface area contributed by atoms with E-state index in [1.807, 2.05) is 47.1 Å². The first-order chi connectivity index (χ1) is 8.83. The number of thioether (sulfide) groups is 1. The number of halogens is 1. The molecule has 0 atom stereocenters. The van der Waals surface area contributed by atoms with Gasteiger partial charge < -0.3 is 4.40 Å². The second-order valence-electron chi connectivity index (χ2n) is 3.78. The third-order valence-electron chi connectivity index (χ3n) is 2.50. The van der Waals surface area contributed by atoms with Crippen LogP contribution in [-0.4, -0.2) is 14.4 Å². The molecule has 0 bridgehead atoms. The fourth-order valence-corrected chi connectivity index (χ4v) is 2.73. The molecule has 0 unspecified atom stereocenters. The van der Waals surface area contributed by atoms with Gasteiger partial charge in [-0.3, -0.25) is 0 Å². The molecule has 0 fully saturated rings. The van der Waals surface area contributed by atoms with Gasteiger partial charge in [-0.25, -0.2) is 9.97 Å². The van der Waals surface area contributed by atoms with Crippen molar-refractivity contribution in [1.29, 1.82) is 0 Å². The third kappa shape index (κ3) is 2.35. The van der Waals surface area contributed by atoms with Gasteiger partial charge >= 0.3 is 0 Å². The molecule has 0 aliphatic carbocycles. The Labute approximate surface area is 114 Å². The fraction of sp³-hybridized carbons (Fsp3) is 0.0769. The van der Waals surface area contributed by atoms with Gasteiger partial charge in [0.25, 0.3) is 0 Å². The normalized spacial score (nSPS) is 10.9. The third-order valence-corrected chi connectivity index (χ3v) is 3.95. The summed E-state index contributed by atoms with van der Waals surface area (Å²) in [5.41, 5.74) is 1.98. The lowest BCUT2D eigenvalue weighted by molar-refractivity contribution is 1.13. The van der Waals surface area contributed by atoms with Gasteiger partial charge in [0, 0.05) is 24.3 Å². The van der Waals surface area contributed by atoms with Crippen LogP contribution in [0.3, 0.4) is 0 Å². The van der Waals surface area contributed by atoms with Crippen LogP contribution in [0.4, 0.5) is 0 Å². The van der Waals surface area contributed by atoms with Gasteiger partial charge in [0.15, 0.2) is 0 Å². The number of rotatable bonds is 3. The highest BCUT2D eigenvalue weighted by Crippen LogP contribution is 2.26. The molecular formula is C13H10ClN3S. The van der Waals surface area contributed by atoms with E-state index in [9.17, 15) is 0 Å². The van der Waals surface area contributed by atoms with Crippen LogP contribution in [0.2, 0.25) is 5.02 Å². The second kappa shape index (κ2) is 5.00. The van der Waals surface area contributed by atoms with E-state index in [1.165, 1.54) is 0 Å². The molecule has 0 N–H and O–H groups in total. The SMILES string of the molecule is Clc1cccnc1SCc1cn2ccccc2n1. The van der Waals surface area contributed by atoms with E-state index in [0.717, 1.165) is 22.1 Å². The molecule has 0 spiro atoms. The topological polar surface area (TPSA) is 30.2 Å². The number of imidazole rings is 1. The van der Waals surface area contributed by atoms with Crippen LogP contribution in [0, 0.1) is 0 Å². The Morgan fingerprint density at radius 1 is 1.22 bits per heavy atom. The Morgan fingerprint density at radius 3 is 3.00 bits per heavy atom. The molecule has 5 heteroatoms.